The minimum Gasteiger partial charge on any atom is -0.493 e. The predicted molar refractivity (Wildman–Crippen MR) is 100 cm³/mol. The van der Waals surface area contributed by atoms with Crippen LogP contribution in [0.15, 0.2) is 39.9 Å². The van der Waals surface area contributed by atoms with Crippen LogP contribution in [0.25, 0.3) is 0 Å². The van der Waals surface area contributed by atoms with Gasteiger partial charge in [0.1, 0.15) is 0 Å². The van der Waals surface area contributed by atoms with Gasteiger partial charge in [0, 0.05) is 30.4 Å². The topological polar surface area (TPSA) is 111 Å². The number of amides is 1. The number of carbonyl (C=O) groups excluding carboxylic acids is 1. The molecular weight excluding hydrogens is 336 g/mol. The molecule has 2 aromatic rings. The number of methoxy groups -OCH3 is 2. The Bertz CT molecular complexity index is 770. The van der Waals surface area contributed by atoms with Crippen LogP contribution in [0.1, 0.15) is 22.5 Å². The Morgan fingerprint density at radius 1 is 1.23 bits per heavy atom. The van der Waals surface area contributed by atoms with Crippen LogP contribution in [-0.2, 0) is 0 Å². The molecule has 1 aromatic heterocycles. The zero-order chi connectivity index (χ0) is 18.9. The normalized spacial score (nSPS) is 11.1. The summed E-state index contributed by atoms with van der Waals surface area (Å²) < 4.78 is 15.6. The van der Waals surface area contributed by atoms with Crippen molar-refractivity contribution in [1.82, 2.24) is 5.32 Å². The van der Waals surface area contributed by atoms with Crippen molar-refractivity contribution in [3.05, 3.63) is 41.9 Å². The molecule has 26 heavy (non-hydrogen) atoms. The summed E-state index contributed by atoms with van der Waals surface area (Å²) in [6.45, 7) is 2.78. The maximum atomic E-state index is 11.9. The number of aryl methyl sites for hydroxylation is 1. The number of carbonyl (C=O) groups is 1. The highest BCUT2D eigenvalue weighted by atomic mass is 16.5. The second kappa shape index (κ2) is 9.36. The van der Waals surface area contributed by atoms with E-state index < -0.39 is 0 Å². The minimum absolute atomic E-state index is 0.229. The van der Waals surface area contributed by atoms with Gasteiger partial charge in [0.15, 0.2) is 23.2 Å². The van der Waals surface area contributed by atoms with E-state index in [1.807, 2.05) is 13.0 Å². The molecule has 0 saturated carbocycles. The minimum atomic E-state index is -0.229. The average Bonchev–Trinajstić information content (AvgIpc) is 3.07. The van der Waals surface area contributed by atoms with Crippen LogP contribution < -0.4 is 25.8 Å². The van der Waals surface area contributed by atoms with Crippen molar-refractivity contribution in [2.45, 2.75) is 13.3 Å². The third kappa shape index (κ3) is 5.17. The third-order valence-electron chi connectivity index (χ3n) is 3.63. The molecular formula is C18H24N4O4. The van der Waals surface area contributed by atoms with Crippen LogP contribution in [0.4, 0.5) is 5.69 Å². The molecule has 0 bridgehead atoms. The molecule has 0 aliphatic rings. The van der Waals surface area contributed by atoms with Crippen molar-refractivity contribution < 1.29 is 18.7 Å². The molecule has 4 N–H and O–H groups in total. The summed E-state index contributed by atoms with van der Waals surface area (Å²) in [6.07, 6.45) is 2.15. The summed E-state index contributed by atoms with van der Waals surface area (Å²) >= 11 is 0. The number of nitrogens with one attached hydrogen (secondary N) is 2. The van der Waals surface area contributed by atoms with Crippen molar-refractivity contribution in [1.29, 1.82) is 0 Å². The fourth-order valence-corrected chi connectivity index (χ4v) is 2.27. The number of ether oxygens (including phenoxy) is 2. The lowest BCUT2D eigenvalue weighted by Gasteiger charge is -2.11. The van der Waals surface area contributed by atoms with E-state index >= 15 is 0 Å². The van der Waals surface area contributed by atoms with Crippen LogP contribution in [0.2, 0.25) is 0 Å². The molecule has 1 heterocycles. The van der Waals surface area contributed by atoms with E-state index in [0.29, 0.717) is 36.8 Å². The standard InChI is InChI=1S/C18H24N4O4/c1-12-7-10-26-16(12)17(23)20-8-4-9-21-18(19)22-13-5-6-14(24-2)15(11-13)25-3/h5-7,10-11H,4,8-9H2,1-3H3,(H,20,23)(H3,19,21,22). The molecule has 1 aromatic carbocycles. The van der Waals surface area contributed by atoms with Gasteiger partial charge in [-0.1, -0.05) is 0 Å². The van der Waals surface area contributed by atoms with E-state index in [4.69, 9.17) is 19.6 Å². The van der Waals surface area contributed by atoms with Gasteiger partial charge in [0.25, 0.3) is 5.91 Å². The van der Waals surface area contributed by atoms with Gasteiger partial charge in [-0.2, -0.15) is 0 Å². The molecule has 0 atom stereocenters. The van der Waals surface area contributed by atoms with Gasteiger partial charge in [0.05, 0.1) is 20.5 Å². The first-order chi connectivity index (χ1) is 12.5. The summed E-state index contributed by atoms with van der Waals surface area (Å²) in [5.74, 6) is 1.62. The van der Waals surface area contributed by atoms with Crippen molar-refractivity contribution in [2.24, 2.45) is 10.7 Å². The van der Waals surface area contributed by atoms with Gasteiger partial charge in [-0.3, -0.25) is 9.79 Å². The number of nitrogens with two attached hydrogens (primary N) is 1. The number of hydrogen-bond acceptors (Lipinski definition) is 5. The lowest BCUT2D eigenvalue weighted by atomic mass is 10.2. The second-order valence-electron chi connectivity index (χ2n) is 5.50. The predicted octanol–water partition coefficient (Wildman–Crippen LogP) is 2.15. The monoisotopic (exact) mass is 360 g/mol. The van der Waals surface area contributed by atoms with Gasteiger partial charge in [-0.25, -0.2) is 0 Å². The van der Waals surface area contributed by atoms with E-state index in [1.54, 1.807) is 32.4 Å². The molecule has 8 heteroatoms. The molecule has 0 unspecified atom stereocenters. The van der Waals surface area contributed by atoms with Crippen LogP contribution in [0, 0.1) is 6.92 Å². The molecule has 1 amide bonds. The van der Waals surface area contributed by atoms with Crippen molar-refractivity contribution in [3.63, 3.8) is 0 Å². The first kappa shape index (κ1) is 19.2. The molecule has 0 aliphatic carbocycles. The number of furan rings is 1. The highest BCUT2D eigenvalue weighted by Gasteiger charge is 2.11. The Morgan fingerprint density at radius 2 is 2.00 bits per heavy atom. The number of benzene rings is 1. The summed E-state index contributed by atoms with van der Waals surface area (Å²) in [6, 6.07) is 7.11. The molecule has 140 valence electrons. The molecule has 0 radical (unpaired) electrons. The molecule has 0 saturated heterocycles. The van der Waals surface area contributed by atoms with E-state index in [-0.39, 0.29) is 11.9 Å². The largest absolute Gasteiger partial charge is 0.493 e. The van der Waals surface area contributed by atoms with Crippen molar-refractivity contribution in [3.8, 4) is 11.5 Å². The Morgan fingerprint density at radius 3 is 2.65 bits per heavy atom. The van der Waals surface area contributed by atoms with Gasteiger partial charge in [-0.15, -0.1) is 0 Å². The number of hydrogen-bond donors (Lipinski definition) is 3. The van der Waals surface area contributed by atoms with E-state index in [2.05, 4.69) is 15.6 Å². The summed E-state index contributed by atoms with van der Waals surface area (Å²) in [4.78, 5) is 16.1. The Hall–Kier alpha value is -3.16. The zero-order valence-electron chi connectivity index (χ0n) is 15.2. The lowest BCUT2D eigenvalue weighted by molar-refractivity contribution is 0.0925. The number of guanidine groups is 1. The summed E-state index contributed by atoms with van der Waals surface area (Å²) in [5.41, 5.74) is 7.42. The zero-order valence-corrected chi connectivity index (χ0v) is 15.2. The number of nitrogens with zero attached hydrogens (tertiary/aromatic N) is 1. The Balaban J connectivity index is 1.76. The fraction of sp³-hybridized carbons (Fsp3) is 0.333. The lowest BCUT2D eigenvalue weighted by Crippen LogP contribution is -2.26. The molecule has 0 fully saturated rings. The number of anilines is 1. The number of rotatable bonds is 8. The highest BCUT2D eigenvalue weighted by molar-refractivity contribution is 5.93. The maximum absolute atomic E-state index is 11.9. The quantitative estimate of drug-likeness (QED) is 0.378. The molecule has 0 spiro atoms. The van der Waals surface area contributed by atoms with Crippen molar-refractivity contribution in [2.75, 3.05) is 32.6 Å². The van der Waals surface area contributed by atoms with Gasteiger partial charge in [-0.05, 0) is 31.5 Å². The third-order valence-corrected chi connectivity index (χ3v) is 3.63. The van der Waals surface area contributed by atoms with Crippen LogP contribution in [0.3, 0.4) is 0 Å². The van der Waals surface area contributed by atoms with E-state index in [0.717, 1.165) is 11.3 Å². The summed E-state index contributed by atoms with van der Waals surface area (Å²) in [7, 11) is 3.14. The van der Waals surface area contributed by atoms with Gasteiger partial charge >= 0.3 is 0 Å². The van der Waals surface area contributed by atoms with Crippen LogP contribution in [-0.4, -0.2) is 39.2 Å². The fourth-order valence-electron chi connectivity index (χ4n) is 2.27. The van der Waals surface area contributed by atoms with Crippen LogP contribution in [0.5, 0.6) is 11.5 Å². The average molecular weight is 360 g/mol. The molecule has 2 rings (SSSR count). The second-order valence-corrected chi connectivity index (χ2v) is 5.50. The Labute approximate surface area is 152 Å². The highest BCUT2D eigenvalue weighted by Crippen LogP contribution is 2.29. The first-order valence-electron chi connectivity index (χ1n) is 8.16. The Kier molecular flexibility index (Phi) is 6.90. The van der Waals surface area contributed by atoms with Gasteiger partial charge < -0.3 is 30.3 Å². The first-order valence-corrected chi connectivity index (χ1v) is 8.16. The smallest absolute Gasteiger partial charge is 0.287 e. The van der Waals surface area contributed by atoms with E-state index in [9.17, 15) is 4.79 Å². The van der Waals surface area contributed by atoms with Gasteiger partial charge in [0.2, 0.25) is 0 Å². The van der Waals surface area contributed by atoms with Crippen LogP contribution >= 0.6 is 0 Å². The molecule has 0 aliphatic heterocycles. The summed E-state index contributed by atoms with van der Waals surface area (Å²) in [5, 5.41) is 5.77. The van der Waals surface area contributed by atoms with Crippen molar-refractivity contribution >= 4 is 17.6 Å². The number of aliphatic imine (C=N–C) groups is 1. The SMILES string of the molecule is COc1ccc(NC(N)=NCCCNC(=O)c2occc2C)cc1OC. The molecule has 8 nitrogen and oxygen atoms in total. The maximum Gasteiger partial charge on any atom is 0.287 e. The van der Waals surface area contributed by atoms with E-state index in [1.165, 1.54) is 6.26 Å².